The van der Waals surface area contributed by atoms with E-state index in [-0.39, 0.29) is 11.6 Å². The van der Waals surface area contributed by atoms with Crippen molar-refractivity contribution in [2.24, 2.45) is 5.84 Å². The number of rotatable bonds is 8. The van der Waals surface area contributed by atoms with E-state index in [4.69, 9.17) is 10.6 Å². The molecule has 2 unspecified atom stereocenters. The first kappa shape index (κ1) is 17.0. The smallest absolute Gasteiger partial charge is 0.124 e. The lowest BCUT2D eigenvalue weighted by molar-refractivity contribution is 0.111. The van der Waals surface area contributed by atoms with E-state index >= 15 is 0 Å². The molecule has 0 radical (unpaired) electrons. The summed E-state index contributed by atoms with van der Waals surface area (Å²) in [6.07, 6.45) is 1.98. The van der Waals surface area contributed by atoms with E-state index in [1.54, 1.807) is 0 Å². The summed E-state index contributed by atoms with van der Waals surface area (Å²) >= 11 is 0. The highest BCUT2D eigenvalue weighted by molar-refractivity contribution is 5.37. The van der Waals surface area contributed by atoms with Gasteiger partial charge in [0.2, 0.25) is 0 Å². The maximum atomic E-state index is 5.87. The highest BCUT2D eigenvalue weighted by Gasteiger charge is 2.36. The lowest BCUT2D eigenvalue weighted by Crippen LogP contribution is -2.53. The average molecular weight is 279 g/mol. The fourth-order valence-corrected chi connectivity index (χ4v) is 2.45. The third kappa shape index (κ3) is 3.51. The maximum Gasteiger partial charge on any atom is 0.124 e. The lowest BCUT2D eigenvalue weighted by atomic mass is 9.83. The highest BCUT2D eigenvalue weighted by Crippen LogP contribution is 2.36. The third-order valence-electron chi connectivity index (χ3n) is 4.22. The largest absolute Gasteiger partial charge is 0.493 e. The molecular weight excluding hydrogens is 250 g/mol. The van der Waals surface area contributed by atoms with Gasteiger partial charge in [0.05, 0.1) is 12.6 Å². The topological polar surface area (TPSA) is 50.5 Å². The summed E-state index contributed by atoms with van der Waals surface area (Å²) in [5.41, 5.74) is 4.02. The van der Waals surface area contributed by atoms with Crippen LogP contribution < -0.4 is 16.0 Å². The Kier molecular flexibility index (Phi) is 6.46. The summed E-state index contributed by atoms with van der Waals surface area (Å²) in [5, 5.41) is 0. The van der Waals surface area contributed by atoms with Gasteiger partial charge in [-0.25, -0.2) is 0 Å². The SMILES string of the molecule is CCCOc1ccccc1C(NN)C(C)(CC)N(C)C. The normalized spacial score (nSPS) is 15.9. The number of likely N-dealkylation sites (N-methyl/N-ethyl adjacent to an activating group) is 1. The van der Waals surface area contributed by atoms with Gasteiger partial charge in [-0.3, -0.25) is 11.3 Å². The van der Waals surface area contributed by atoms with Gasteiger partial charge in [-0.15, -0.1) is 0 Å². The summed E-state index contributed by atoms with van der Waals surface area (Å²) in [4.78, 5) is 2.22. The van der Waals surface area contributed by atoms with Gasteiger partial charge in [-0.05, 0) is 39.9 Å². The number of benzene rings is 1. The molecule has 0 saturated heterocycles. The van der Waals surface area contributed by atoms with Crippen molar-refractivity contribution in [3.63, 3.8) is 0 Å². The molecule has 1 aromatic rings. The minimum Gasteiger partial charge on any atom is -0.493 e. The molecule has 0 amide bonds. The van der Waals surface area contributed by atoms with E-state index in [0.717, 1.165) is 30.8 Å². The van der Waals surface area contributed by atoms with Crippen LogP contribution in [0.4, 0.5) is 0 Å². The molecule has 0 aliphatic carbocycles. The zero-order valence-corrected chi connectivity index (χ0v) is 13.4. The van der Waals surface area contributed by atoms with Crippen LogP contribution in [0.1, 0.15) is 45.2 Å². The second kappa shape index (κ2) is 7.62. The Morgan fingerprint density at radius 2 is 1.95 bits per heavy atom. The Labute approximate surface area is 123 Å². The molecule has 0 heterocycles. The number of hydrazine groups is 1. The molecule has 2 atom stereocenters. The fourth-order valence-electron chi connectivity index (χ4n) is 2.45. The van der Waals surface area contributed by atoms with Gasteiger partial charge in [-0.2, -0.15) is 0 Å². The van der Waals surface area contributed by atoms with Crippen molar-refractivity contribution in [1.82, 2.24) is 10.3 Å². The molecule has 1 rings (SSSR count). The molecule has 20 heavy (non-hydrogen) atoms. The van der Waals surface area contributed by atoms with E-state index in [9.17, 15) is 0 Å². The number of nitrogens with two attached hydrogens (primary N) is 1. The van der Waals surface area contributed by atoms with Crippen molar-refractivity contribution < 1.29 is 4.74 Å². The Morgan fingerprint density at radius 1 is 1.30 bits per heavy atom. The van der Waals surface area contributed by atoms with Crippen LogP contribution in [0.15, 0.2) is 24.3 Å². The molecule has 0 bridgehead atoms. The van der Waals surface area contributed by atoms with Gasteiger partial charge in [-0.1, -0.05) is 32.0 Å². The predicted octanol–water partition coefficient (Wildman–Crippen LogP) is 2.71. The molecule has 0 saturated carbocycles. The summed E-state index contributed by atoms with van der Waals surface area (Å²) in [7, 11) is 4.17. The van der Waals surface area contributed by atoms with Crippen LogP contribution in [0, 0.1) is 0 Å². The Morgan fingerprint density at radius 3 is 2.45 bits per heavy atom. The number of hydrogen-bond donors (Lipinski definition) is 2. The lowest BCUT2D eigenvalue weighted by Gasteiger charge is -2.43. The Bertz CT molecular complexity index is 408. The monoisotopic (exact) mass is 279 g/mol. The van der Waals surface area contributed by atoms with Crippen molar-refractivity contribution >= 4 is 0 Å². The van der Waals surface area contributed by atoms with Gasteiger partial charge < -0.3 is 9.64 Å². The van der Waals surface area contributed by atoms with E-state index in [1.807, 2.05) is 18.2 Å². The Balaban J connectivity index is 3.17. The number of nitrogens with one attached hydrogen (secondary N) is 1. The van der Waals surface area contributed by atoms with Crippen LogP contribution in [0.25, 0.3) is 0 Å². The van der Waals surface area contributed by atoms with Gasteiger partial charge in [0, 0.05) is 11.1 Å². The number of nitrogens with zero attached hydrogens (tertiary/aromatic N) is 1. The van der Waals surface area contributed by atoms with Gasteiger partial charge in [0.25, 0.3) is 0 Å². The number of para-hydroxylation sites is 1. The molecule has 1 aromatic carbocycles. The zero-order chi connectivity index (χ0) is 15.2. The van der Waals surface area contributed by atoms with Crippen molar-refractivity contribution in [3.05, 3.63) is 29.8 Å². The first-order valence-electron chi connectivity index (χ1n) is 7.36. The first-order chi connectivity index (χ1) is 9.51. The van der Waals surface area contributed by atoms with E-state index in [1.165, 1.54) is 0 Å². The molecule has 0 fully saturated rings. The fraction of sp³-hybridized carbons (Fsp3) is 0.625. The van der Waals surface area contributed by atoms with E-state index < -0.39 is 0 Å². The van der Waals surface area contributed by atoms with Crippen molar-refractivity contribution in [2.75, 3.05) is 20.7 Å². The minimum atomic E-state index is -0.0829. The van der Waals surface area contributed by atoms with Gasteiger partial charge in [0.1, 0.15) is 5.75 Å². The second-order valence-electron chi connectivity index (χ2n) is 5.59. The molecule has 0 aliphatic rings. The molecule has 4 nitrogen and oxygen atoms in total. The third-order valence-corrected chi connectivity index (χ3v) is 4.22. The van der Waals surface area contributed by atoms with Crippen LogP contribution in [0.2, 0.25) is 0 Å². The summed E-state index contributed by atoms with van der Waals surface area (Å²) in [6, 6.07) is 8.15. The molecule has 3 N–H and O–H groups in total. The zero-order valence-electron chi connectivity index (χ0n) is 13.4. The second-order valence-corrected chi connectivity index (χ2v) is 5.59. The molecule has 0 aromatic heterocycles. The van der Waals surface area contributed by atoms with Crippen molar-refractivity contribution in [1.29, 1.82) is 0 Å². The van der Waals surface area contributed by atoms with Gasteiger partial charge >= 0.3 is 0 Å². The molecule has 114 valence electrons. The van der Waals surface area contributed by atoms with Crippen LogP contribution in [0.3, 0.4) is 0 Å². The highest BCUT2D eigenvalue weighted by atomic mass is 16.5. The molecule has 0 spiro atoms. The predicted molar refractivity (Wildman–Crippen MR) is 84.7 cm³/mol. The number of ether oxygens (including phenoxy) is 1. The summed E-state index contributed by atoms with van der Waals surface area (Å²) in [5.74, 6) is 6.79. The standard InChI is InChI=1S/C16H29N3O/c1-6-12-20-14-11-9-8-10-13(14)15(18-17)16(3,7-2)19(4)5/h8-11,15,18H,6-7,12,17H2,1-5H3. The van der Waals surface area contributed by atoms with Gasteiger partial charge in [0.15, 0.2) is 0 Å². The average Bonchev–Trinajstić information content (AvgIpc) is 2.46. The quantitative estimate of drug-likeness (QED) is 0.567. The number of hydrogen-bond acceptors (Lipinski definition) is 4. The summed E-state index contributed by atoms with van der Waals surface area (Å²) < 4.78 is 5.87. The van der Waals surface area contributed by atoms with Crippen LogP contribution in [-0.4, -0.2) is 31.1 Å². The molecular formula is C16H29N3O. The summed E-state index contributed by atoms with van der Waals surface area (Å²) in [6.45, 7) is 7.23. The van der Waals surface area contributed by atoms with Crippen molar-refractivity contribution in [2.45, 2.75) is 45.2 Å². The van der Waals surface area contributed by atoms with E-state index in [0.29, 0.717) is 0 Å². The minimum absolute atomic E-state index is 0.00977. The van der Waals surface area contributed by atoms with Crippen LogP contribution in [0.5, 0.6) is 5.75 Å². The molecule has 4 heteroatoms. The van der Waals surface area contributed by atoms with Crippen LogP contribution in [-0.2, 0) is 0 Å². The maximum absolute atomic E-state index is 5.87. The van der Waals surface area contributed by atoms with Crippen LogP contribution >= 0.6 is 0 Å². The first-order valence-corrected chi connectivity index (χ1v) is 7.36. The molecule has 0 aliphatic heterocycles. The van der Waals surface area contributed by atoms with Crippen molar-refractivity contribution in [3.8, 4) is 5.75 Å². The van der Waals surface area contributed by atoms with E-state index in [2.05, 4.69) is 51.3 Å². The Hall–Kier alpha value is -1.10.